The van der Waals surface area contributed by atoms with Crippen LogP contribution in [0.25, 0.3) is 5.57 Å². The Morgan fingerprint density at radius 2 is 1.59 bits per heavy atom. The molecule has 120 valence electrons. The van der Waals surface area contributed by atoms with Gasteiger partial charge in [-0.15, -0.1) is 0 Å². The van der Waals surface area contributed by atoms with Crippen molar-refractivity contribution in [2.45, 2.75) is 40.3 Å². The molecule has 0 saturated carbocycles. The summed E-state index contributed by atoms with van der Waals surface area (Å²) in [5.41, 5.74) is 2.32. The van der Waals surface area contributed by atoms with Crippen LogP contribution in [0.4, 0.5) is 0 Å². The maximum Gasteiger partial charge on any atom is 0.223 e. The van der Waals surface area contributed by atoms with Crippen LogP contribution in [0.2, 0.25) is 0 Å². The Hall–Kier alpha value is -1.78. The van der Waals surface area contributed by atoms with E-state index in [9.17, 15) is 0 Å². The van der Waals surface area contributed by atoms with Crippen molar-refractivity contribution >= 4 is 5.57 Å². The monoisotopic (exact) mass is 304 g/mol. The molecule has 1 aromatic rings. The second-order valence-electron chi connectivity index (χ2n) is 4.91. The Morgan fingerprint density at radius 1 is 1.00 bits per heavy atom. The van der Waals surface area contributed by atoms with Crippen LogP contribution in [-0.4, -0.2) is 25.8 Å². The molecule has 0 spiro atoms. The fourth-order valence-electron chi connectivity index (χ4n) is 1.75. The Labute approximate surface area is 132 Å². The van der Waals surface area contributed by atoms with Crippen LogP contribution in [0, 0.1) is 0 Å². The van der Waals surface area contributed by atoms with Crippen LogP contribution in [0.1, 0.15) is 33.3 Å². The van der Waals surface area contributed by atoms with E-state index >= 15 is 0 Å². The summed E-state index contributed by atoms with van der Waals surface area (Å²) in [6, 6.07) is 7.99. The average Bonchev–Trinajstić information content (AvgIpc) is 3.44. The number of epoxide rings is 2. The number of ether oxygens (including phenoxy) is 4. The number of rotatable bonds is 6. The fourth-order valence-corrected chi connectivity index (χ4v) is 1.75. The molecule has 2 aliphatic rings. The number of hydrogen-bond acceptors (Lipinski definition) is 4. The van der Waals surface area contributed by atoms with Crippen molar-refractivity contribution in [3.63, 3.8) is 0 Å². The molecule has 1 aromatic carbocycles. The lowest BCUT2D eigenvalue weighted by Crippen LogP contribution is -1.97. The lowest BCUT2D eigenvalue weighted by atomic mass is 10.1. The molecular weight excluding hydrogens is 280 g/mol. The molecule has 2 atom stereocenters. The summed E-state index contributed by atoms with van der Waals surface area (Å²) in [7, 11) is 0. The summed E-state index contributed by atoms with van der Waals surface area (Å²) in [6.07, 6.45) is 3.91. The highest BCUT2D eigenvalue weighted by Crippen LogP contribution is 2.22. The first-order valence-corrected chi connectivity index (χ1v) is 7.73. The van der Waals surface area contributed by atoms with Crippen molar-refractivity contribution in [1.29, 1.82) is 0 Å². The first kappa shape index (κ1) is 16.6. The molecule has 2 fully saturated rings. The molecule has 4 heteroatoms. The highest BCUT2D eigenvalue weighted by Gasteiger charge is 2.24. The quantitative estimate of drug-likeness (QED) is 0.450. The predicted octanol–water partition coefficient (Wildman–Crippen LogP) is 4.13. The summed E-state index contributed by atoms with van der Waals surface area (Å²) in [4.78, 5) is 0. The fraction of sp³-hybridized carbons (Fsp3) is 0.444. The number of hydrogen-bond donors (Lipinski definition) is 0. The van der Waals surface area contributed by atoms with Gasteiger partial charge in [-0.2, -0.15) is 0 Å². The van der Waals surface area contributed by atoms with E-state index in [4.69, 9.17) is 18.9 Å². The SMILES string of the molecule is C/C(=C\C=C(/C)c1ccc(OC2CO2)cc1)OC1CO1.CC. The van der Waals surface area contributed by atoms with Gasteiger partial charge in [0, 0.05) is 0 Å². The van der Waals surface area contributed by atoms with Crippen LogP contribution in [0.5, 0.6) is 5.75 Å². The van der Waals surface area contributed by atoms with E-state index in [1.165, 1.54) is 5.57 Å². The van der Waals surface area contributed by atoms with Gasteiger partial charge in [-0.3, -0.25) is 0 Å². The zero-order valence-corrected chi connectivity index (χ0v) is 13.7. The molecule has 0 radical (unpaired) electrons. The molecule has 4 nitrogen and oxygen atoms in total. The molecular formula is C18H24O4. The maximum atomic E-state index is 5.52. The topological polar surface area (TPSA) is 43.5 Å². The van der Waals surface area contributed by atoms with Gasteiger partial charge >= 0.3 is 0 Å². The second kappa shape index (κ2) is 8.01. The predicted molar refractivity (Wildman–Crippen MR) is 86.4 cm³/mol. The van der Waals surface area contributed by atoms with E-state index in [2.05, 4.69) is 6.92 Å². The zero-order chi connectivity index (χ0) is 15.9. The molecule has 0 amide bonds. The third-order valence-corrected chi connectivity index (χ3v) is 3.07. The first-order chi connectivity index (χ1) is 10.7. The Morgan fingerprint density at radius 3 is 2.14 bits per heavy atom. The molecule has 2 heterocycles. The van der Waals surface area contributed by atoms with Gasteiger partial charge in [-0.1, -0.05) is 32.1 Å². The van der Waals surface area contributed by atoms with E-state index in [-0.39, 0.29) is 12.6 Å². The second-order valence-corrected chi connectivity index (χ2v) is 4.91. The molecule has 0 bridgehead atoms. The molecule has 0 aliphatic carbocycles. The summed E-state index contributed by atoms with van der Waals surface area (Å²) in [5.74, 6) is 1.70. The largest absolute Gasteiger partial charge is 0.467 e. The van der Waals surface area contributed by atoms with Crippen molar-refractivity contribution < 1.29 is 18.9 Å². The maximum absolute atomic E-state index is 5.52. The van der Waals surface area contributed by atoms with Gasteiger partial charge in [0.2, 0.25) is 12.6 Å². The van der Waals surface area contributed by atoms with Crippen molar-refractivity contribution in [2.24, 2.45) is 0 Å². The van der Waals surface area contributed by atoms with Gasteiger partial charge in [0.25, 0.3) is 0 Å². The third kappa shape index (κ3) is 5.54. The molecule has 0 N–H and O–H groups in total. The van der Waals surface area contributed by atoms with E-state index < -0.39 is 0 Å². The van der Waals surface area contributed by atoms with E-state index in [0.29, 0.717) is 13.2 Å². The molecule has 3 rings (SSSR count). The first-order valence-electron chi connectivity index (χ1n) is 7.73. The van der Waals surface area contributed by atoms with Gasteiger partial charge < -0.3 is 18.9 Å². The normalized spacial score (nSPS) is 23.3. The van der Waals surface area contributed by atoms with Gasteiger partial charge in [0.1, 0.15) is 19.0 Å². The van der Waals surface area contributed by atoms with Crippen LogP contribution < -0.4 is 4.74 Å². The molecule has 2 saturated heterocycles. The molecule has 2 aliphatic heterocycles. The summed E-state index contributed by atoms with van der Waals surface area (Å²) in [6.45, 7) is 9.38. The highest BCUT2D eigenvalue weighted by molar-refractivity contribution is 5.65. The lowest BCUT2D eigenvalue weighted by Gasteiger charge is -2.05. The average molecular weight is 304 g/mol. The van der Waals surface area contributed by atoms with E-state index in [1.807, 2.05) is 57.2 Å². The smallest absolute Gasteiger partial charge is 0.223 e. The number of benzene rings is 1. The van der Waals surface area contributed by atoms with Crippen molar-refractivity contribution in [3.8, 4) is 5.75 Å². The Balaban J connectivity index is 0.000000847. The Kier molecular flexibility index (Phi) is 6.04. The minimum atomic E-state index is -0.0511. The van der Waals surface area contributed by atoms with Gasteiger partial charge in [-0.05, 0) is 43.2 Å². The van der Waals surface area contributed by atoms with Crippen molar-refractivity contribution in [1.82, 2.24) is 0 Å². The van der Waals surface area contributed by atoms with Crippen molar-refractivity contribution in [3.05, 3.63) is 47.7 Å². The van der Waals surface area contributed by atoms with Crippen LogP contribution >= 0.6 is 0 Å². The molecule has 2 unspecified atom stereocenters. The standard InChI is InChI=1S/C16H18O4.C2H6/c1-11(3-4-12(2)19-15-9-17-15)13-5-7-14(8-6-13)20-16-10-18-16;1-2/h3-8,15-16H,9-10H2,1-2H3;1-2H3/b11-3+,12-4+;. The summed E-state index contributed by atoms with van der Waals surface area (Å²) >= 11 is 0. The van der Waals surface area contributed by atoms with Crippen molar-refractivity contribution in [2.75, 3.05) is 13.2 Å². The molecule has 22 heavy (non-hydrogen) atoms. The summed E-state index contributed by atoms with van der Waals surface area (Å²) < 4.78 is 21.0. The van der Waals surface area contributed by atoms with Crippen LogP contribution in [0.15, 0.2) is 42.2 Å². The Bertz CT molecular complexity index is 523. The lowest BCUT2D eigenvalue weighted by molar-refractivity contribution is 0.108. The third-order valence-electron chi connectivity index (χ3n) is 3.07. The minimum absolute atomic E-state index is 0.0407. The van der Waals surface area contributed by atoms with Gasteiger partial charge in [0.15, 0.2) is 0 Å². The van der Waals surface area contributed by atoms with E-state index in [1.54, 1.807) is 0 Å². The van der Waals surface area contributed by atoms with Crippen LogP contribution in [-0.2, 0) is 14.2 Å². The zero-order valence-electron chi connectivity index (χ0n) is 13.7. The number of allylic oxidation sites excluding steroid dienone is 4. The van der Waals surface area contributed by atoms with Crippen LogP contribution in [0.3, 0.4) is 0 Å². The van der Waals surface area contributed by atoms with E-state index in [0.717, 1.165) is 17.1 Å². The molecule has 0 aromatic heterocycles. The van der Waals surface area contributed by atoms with Gasteiger partial charge in [0.05, 0.1) is 5.76 Å². The summed E-state index contributed by atoms with van der Waals surface area (Å²) in [5, 5.41) is 0. The van der Waals surface area contributed by atoms with Gasteiger partial charge in [-0.25, -0.2) is 0 Å². The minimum Gasteiger partial charge on any atom is -0.467 e. The highest BCUT2D eigenvalue weighted by atomic mass is 16.8.